The van der Waals surface area contributed by atoms with Crippen molar-refractivity contribution in [2.75, 3.05) is 26.2 Å². The first-order chi connectivity index (χ1) is 15.6. The zero-order valence-electron chi connectivity index (χ0n) is 18.7. The zero-order valence-corrected chi connectivity index (χ0v) is 19.4. The monoisotopic (exact) mass is 452 g/mol. The molecule has 2 fully saturated rings. The molecule has 1 saturated carbocycles. The lowest BCUT2D eigenvalue weighted by atomic mass is 9.68. The van der Waals surface area contributed by atoms with Gasteiger partial charge in [-0.3, -0.25) is 0 Å². The van der Waals surface area contributed by atoms with Crippen LogP contribution in [0.3, 0.4) is 0 Å². The highest BCUT2D eigenvalue weighted by molar-refractivity contribution is 6.30. The summed E-state index contributed by atoms with van der Waals surface area (Å²) in [6.45, 7) is 3.69. The predicted octanol–water partition coefficient (Wildman–Crippen LogP) is 5.77. The first kappa shape index (κ1) is 23.1. The van der Waals surface area contributed by atoms with Gasteiger partial charge in [0.05, 0.1) is 23.8 Å². The molecule has 1 atom stereocenters. The number of nitriles is 1. The molecule has 1 saturated heterocycles. The van der Waals surface area contributed by atoms with Gasteiger partial charge in [-0.25, -0.2) is 0 Å². The van der Waals surface area contributed by atoms with E-state index in [1.54, 1.807) is 12.1 Å². The van der Waals surface area contributed by atoms with Crippen molar-refractivity contribution in [3.05, 3.63) is 64.7 Å². The quantitative estimate of drug-likeness (QED) is 0.516. The normalized spacial score (nSPS) is 20.0. The number of aliphatic hydroxyl groups is 1. The molecule has 0 bridgehead atoms. The Labute approximate surface area is 196 Å². The Morgan fingerprint density at radius 3 is 2.38 bits per heavy atom. The Kier molecular flexibility index (Phi) is 7.73. The Morgan fingerprint density at radius 1 is 1.03 bits per heavy atom. The van der Waals surface area contributed by atoms with Gasteiger partial charge in [0.2, 0.25) is 0 Å². The molecular formula is C27H33ClN2O2. The average molecular weight is 453 g/mol. The van der Waals surface area contributed by atoms with E-state index in [1.165, 1.54) is 12.8 Å². The minimum Gasteiger partial charge on any atom is -0.494 e. The van der Waals surface area contributed by atoms with Crippen molar-refractivity contribution in [2.24, 2.45) is 11.8 Å². The van der Waals surface area contributed by atoms with Crippen LogP contribution >= 0.6 is 11.6 Å². The van der Waals surface area contributed by atoms with Gasteiger partial charge >= 0.3 is 0 Å². The first-order valence-electron chi connectivity index (χ1n) is 11.9. The van der Waals surface area contributed by atoms with Gasteiger partial charge in [-0.15, -0.1) is 0 Å². The molecule has 5 heteroatoms. The van der Waals surface area contributed by atoms with Gasteiger partial charge in [0.1, 0.15) is 5.75 Å². The van der Waals surface area contributed by atoms with E-state index in [0.29, 0.717) is 23.1 Å². The van der Waals surface area contributed by atoms with Gasteiger partial charge in [0.25, 0.3) is 0 Å². The molecule has 1 heterocycles. The van der Waals surface area contributed by atoms with Crippen LogP contribution < -0.4 is 4.74 Å². The average Bonchev–Trinajstić information content (AvgIpc) is 3.38. The Hall–Kier alpha value is -2.06. The molecule has 2 aromatic carbocycles. The second-order valence-electron chi connectivity index (χ2n) is 9.27. The summed E-state index contributed by atoms with van der Waals surface area (Å²) in [6, 6.07) is 17.3. The summed E-state index contributed by atoms with van der Waals surface area (Å²) in [5, 5.41) is 21.7. The SMILES string of the molecule is N#Cc1ccc(OCCCN2CCC([C@](O)(c3cccc(Cl)c3)C3CCCC3)CC2)cc1. The van der Waals surface area contributed by atoms with Crippen LogP contribution in [0.5, 0.6) is 5.75 Å². The van der Waals surface area contributed by atoms with Crippen molar-refractivity contribution in [1.82, 2.24) is 4.90 Å². The molecule has 32 heavy (non-hydrogen) atoms. The lowest BCUT2D eigenvalue weighted by molar-refractivity contribution is -0.0934. The highest BCUT2D eigenvalue weighted by Crippen LogP contribution is 2.48. The van der Waals surface area contributed by atoms with Crippen LogP contribution in [0.15, 0.2) is 48.5 Å². The van der Waals surface area contributed by atoms with Crippen LogP contribution in [0, 0.1) is 23.2 Å². The van der Waals surface area contributed by atoms with E-state index in [2.05, 4.69) is 17.0 Å². The smallest absolute Gasteiger partial charge is 0.119 e. The molecule has 0 spiro atoms. The molecule has 4 nitrogen and oxygen atoms in total. The van der Waals surface area contributed by atoms with Gasteiger partial charge in [-0.2, -0.15) is 5.26 Å². The van der Waals surface area contributed by atoms with Gasteiger partial charge < -0.3 is 14.7 Å². The number of hydrogen-bond donors (Lipinski definition) is 1. The van der Waals surface area contributed by atoms with Gasteiger partial charge in [-0.05, 0) is 99.0 Å². The number of nitrogens with zero attached hydrogens (tertiary/aromatic N) is 2. The maximum Gasteiger partial charge on any atom is 0.119 e. The summed E-state index contributed by atoms with van der Waals surface area (Å²) in [5.74, 6) is 1.42. The summed E-state index contributed by atoms with van der Waals surface area (Å²) >= 11 is 6.30. The summed E-state index contributed by atoms with van der Waals surface area (Å²) in [4.78, 5) is 2.49. The largest absolute Gasteiger partial charge is 0.494 e. The number of hydrogen-bond acceptors (Lipinski definition) is 4. The third kappa shape index (κ3) is 5.29. The van der Waals surface area contributed by atoms with Crippen molar-refractivity contribution < 1.29 is 9.84 Å². The van der Waals surface area contributed by atoms with Gasteiger partial charge in [0.15, 0.2) is 0 Å². The molecule has 2 aromatic rings. The summed E-state index contributed by atoms with van der Waals surface area (Å²) in [7, 11) is 0. The maximum absolute atomic E-state index is 12.1. The fourth-order valence-corrected chi connectivity index (χ4v) is 5.80. The molecule has 1 N–H and O–H groups in total. The lowest BCUT2D eigenvalue weighted by Gasteiger charge is -2.45. The van der Waals surface area contributed by atoms with Gasteiger partial charge in [0, 0.05) is 11.6 Å². The zero-order chi connectivity index (χ0) is 22.4. The fourth-order valence-electron chi connectivity index (χ4n) is 5.61. The molecule has 0 amide bonds. The molecule has 2 aliphatic rings. The maximum atomic E-state index is 12.1. The molecule has 4 rings (SSSR count). The molecule has 1 aliphatic carbocycles. The Balaban J connectivity index is 1.29. The van der Waals surface area contributed by atoms with Crippen LogP contribution in [-0.2, 0) is 5.60 Å². The van der Waals surface area contributed by atoms with Crippen LogP contribution in [0.2, 0.25) is 5.02 Å². The minimum absolute atomic E-state index is 0.273. The topological polar surface area (TPSA) is 56.5 Å². The van der Waals surface area contributed by atoms with E-state index in [-0.39, 0.29) is 5.92 Å². The molecule has 0 radical (unpaired) electrons. The minimum atomic E-state index is -0.772. The van der Waals surface area contributed by atoms with Crippen molar-refractivity contribution >= 4 is 11.6 Å². The molecule has 170 valence electrons. The summed E-state index contributed by atoms with van der Waals surface area (Å²) in [6.07, 6.45) is 7.63. The van der Waals surface area contributed by atoms with Gasteiger partial charge in [-0.1, -0.05) is 36.6 Å². The standard InChI is InChI=1S/C27H33ClN2O2/c28-25-8-3-7-24(19-25)27(31,22-5-1-2-6-22)23-13-16-30(17-14-23)15-4-18-32-26-11-9-21(20-29)10-12-26/h3,7-12,19,22-23,31H,1-2,4-6,13-18H2/t27-/m0/s1. The van der Waals surface area contributed by atoms with Crippen LogP contribution in [0.25, 0.3) is 0 Å². The summed E-state index contributed by atoms with van der Waals surface area (Å²) in [5.41, 5.74) is 0.883. The third-order valence-corrected chi connectivity index (χ3v) is 7.58. The van der Waals surface area contributed by atoms with Crippen molar-refractivity contribution in [1.29, 1.82) is 5.26 Å². The second-order valence-corrected chi connectivity index (χ2v) is 9.71. The number of benzene rings is 2. The number of rotatable bonds is 8. The van der Waals surface area contributed by atoms with Crippen LogP contribution in [-0.4, -0.2) is 36.2 Å². The lowest BCUT2D eigenvalue weighted by Crippen LogP contribution is -2.47. The summed E-state index contributed by atoms with van der Waals surface area (Å²) < 4.78 is 5.82. The molecule has 0 unspecified atom stereocenters. The van der Waals surface area contributed by atoms with E-state index in [1.807, 2.05) is 30.3 Å². The van der Waals surface area contributed by atoms with E-state index >= 15 is 0 Å². The predicted molar refractivity (Wildman–Crippen MR) is 128 cm³/mol. The van der Waals surface area contributed by atoms with Crippen molar-refractivity contribution in [3.8, 4) is 11.8 Å². The Bertz CT molecular complexity index is 912. The van der Waals surface area contributed by atoms with E-state index in [0.717, 1.165) is 63.1 Å². The third-order valence-electron chi connectivity index (χ3n) is 7.35. The van der Waals surface area contributed by atoms with E-state index in [4.69, 9.17) is 21.6 Å². The van der Waals surface area contributed by atoms with Crippen LogP contribution in [0.1, 0.15) is 56.1 Å². The number of likely N-dealkylation sites (tertiary alicyclic amines) is 1. The van der Waals surface area contributed by atoms with Crippen molar-refractivity contribution in [3.63, 3.8) is 0 Å². The van der Waals surface area contributed by atoms with E-state index in [9.17, 15) is 5.11 Å². The highest BCUT2D eigenvalue weighted by atomic mass is 35.5. The van der Waals surface area contributed by atoms with E-state index < -0.39 is 5.60 Å². The fraction of sp³-hybridized carbons (Fsp3) is 0.519. The molecule has 0 aromatic heterocycles. The highest BCUT2D eigenvalue weighted by Gasteiger charge is 2.46. The van der Waals surface area contributed by atoms with Crippen LogP contribution in [0.4, 0.5) is 0 Å². The molecule has 1 aliphatic heterocycles. The molecular weight excluding hydrogens is 420 g/mol. The number of ether oxygens (including phenoxy) is 1. The number of piperidine rings is 1. The number of halogens is 1. The first-order valence-corrected chi connectivity index (χ1v) is 12.3. The van der Waals surface area contributed by atoms with Crippen molar-refractivity contribution in [2.45, 2.75) is 50.5 Å². The Morgan fingerprint density at radius 2 is 1.72 bits per heavy atom. The second kappa shape index (κ2) is 10.7.